The predicted octanol–water partition coefficient (Wildman–Crippen LogP) is 2.40. The smallest absolute Gasteiger partial charge is 0.432 e. The zero-order valence-electron chi connectivity index (χ0n) is 25.9. The summed E-state index contributed by atoms with van der Waals surface area (Å²) in [7, 11) is 4.17. The van der Waals surface area contributed by atoms with Crippen LogP contribution in [0, 0.1) is 5.92 Å². The molecule has 3 heterocycles. The molecule has 42 heavy (non-hydrogen) atoms. The number of hydrogen-bond acceptors (Lipinski definition) is 7. The fourth-order valence-corrected chi connectivity index (χ4v) is 7.27. The van der Waals surface area contributed by atoms with Crippen molar-refractivity contribution in [1.82, 2.24) is 30.7 Å². The molecule has 0 radical (unpaired) electrons. The van der Waals surface area contributed by atoms with Crippen LogP contribution in [0.2, 0.25) is 0 Å². The first-order chi connectivity index (χ1) is 20.3. The van der Waals surface area contributed by atoms with E-state index in [4.69, 9.17) is 4.65 Å². The number of amides is 2. The van der Waals surface area contributed by atoms with Gasteiger partial charge in [-0.2, -0.15) is 0 Å². The van der Waals surface area contributed by atoms with Crippen LogP contribution < -0.4 is 16.0 Å². The Kier molecular flexibility index (Phi) is 11.5. The van der Waals surface area contributed by atoms with Crippen molar-refractivity contribution >= 4 is 18.4 Å². The minimum absolute atomic E-state index is 0.177. The van der Waals surface area contributed by atoms with Crippen molar-refractivity contribution in [2.45, 2.75) is 64.4 Å². The van der Waals surface area contributed by atoms with Gasteiger partial charge < -0.3 is 29.8 Å². The van der Waals surface area contributed by atoms with Gasteiger partial charge in [0, 0.05) is 37.8 Å². The second-order valence-electron chi connectivity index (χ2n) is 12.6. The Morgan fingerprint density at radius 1 is 1.07 bits per heavy atom. The van der Waals surface area contributed by atoms with Crippen LogP contribution >= 0.6 is 0 Å². The molecule has 2 amide bonds. The minimum Gasteiger partial charge on any atom is -0.520 e. The summed E-state index contributed by atoms with van der Waals surface area (Å²) < 4.78 is 7.73. The van der Waals surface area contributed by atoms with Gasteiger partial charge in [0.1, 0.15) is 11.7 Å². The molecule has 230 valence electrons. The first-order valence-corrected chi connectivity index (χ1v) is 15.7. The number of nitrogens with zero attached hydrogens (tertiary/aromatic N) is 4. The summed E-state index contributed by atoms with van der Waals surface area (Å²) in [4.78, 5) is 37.9. The number of carbonyl (C=O) groups is 2. The molecule has 2 aliphatic rings. The number of fused-ring (bicyclic) bond motifs is 1. The Hall–Kier alpha value is -2.86. The van der Waals surface area contributed by atoms with Crippen LogP contribution in [0.5, 0.6) is 0 Å². The quantitative estimate of drug-likeness (QED) is 0.207. The zero-order chi connectivity index (χ0) is 30.0. The van der Waals surface area contributed by atoms with Gasteiger partial charge >= 0.3 is 6.62 Å². The number of likely N-dealkylation sites (N-methyl/N-ethyl adjacent to an activating group) is 1. The number of quaternary nitrogens is 1. The largest absolute Gasteiger partial charge is 0.520 e. The molecular formula is C31H50BN7O3. The van der Waals surface area contributed by atoms with E-state index in [0.717, 1.165) is 55.5 Å². The second kappa shape index (κ2) is 15.0. The predicted molar refractivity (Wildman–Crippen MR) is 166 cm³/mol. The monoisotopic (exact) mass is 579 g/mol. The molecule has 2 aromatic rings. The van der Waals surface area contributed by atoms with E-state index >= 15 is 0 Å². The van der Waals surface area contributed by atoms with E-state index in [1.54, 1.807) is 0 Å². The number of rotatable bonds is 16. The molecule has 0 saturated carbocycles. The second-order valence-corrected chi connectivity index (χ2v) is 12.6. The summed E-state index contributed by atoms with van der Waals surface area (Å²) >= 11 is 0. The van der Waals surface area contributed by atoms with Gasteiger partial charge in [-0.1, -0.05) is 57.0 Å². The number of benzene rings is 1. The van der Waals surface area contributed by atoms with Crippen LogP contribution in [0.1, 0.15) is 62.0 Å². The maximum atomic E-state index is 14.2. The number of hydrogen-bond donors (Lipinski definition) is 3. The third-order valence-corrected chi connectivity index (χ3v) is 9.27. The van der Waals surface area contributed by atoms with Crippen LogP contribution in [0.25, 0.3) is 0 Å². The van der Waals surface area contributed by atoms with E-state index in [1.165, 1.54) is 37.9 Å². The van der Waals surface area contributed by atoms with Crippen molar-refractivity contribution in [3.8, 4) is 0 Å². The Morgan fingerprint density at radius 3 is 2.57 bits per heavy atom. The van der Waals surface area contributed by atoms with Gasteiger partial charge in [0.2, 0.25) is 5.91 Å². The lowest BCUT2D eigenvalue weighted by Gasteiger charge is -2.55. The normalized spacial score (nSPS) is 23.5. The molecule has 0 bridgehead atoms. The van der Waals surface area contributed by atoms with Crippen molar-refractivity contribution in [2.24, 2.45) is 5.92 Å². The van der Waals surface area contributed by atoms with E-state index in [1.807, 2.05) is 37.4 Å². The number of nitrogens with one attached hydrogen (secondary N) is 3. The van der Waals surface area contributed by atoms with Gasteiger partial charge in [0.05, 0.1) is 25.9 Å². The number of aromatic nitrogens is 2. The van der Waals surface area contributed by atoms with Crippen molar-refractivity contribution in [2.75, 3.05) is 53.4 Å². The number of carbonyl (C=O) groups excluding carboxylic acids is 2. The molecule has 0 aliphatic carbocycles. The van der Waals surface area contributed by atoms with E-state index in [0.29, 0.717) is 18.9 Å². The molecule has 4 atom stereocenters. The van der Waals surface area contributed by atoms with Gasteiger partial charge in [0.25, 0.3) is 5.91 Å². The fourth-order valence-electron chi connectivity index (χ4n) is 7.27. The Labute approximate surface area is 251 Å². The van der Waals surface area contributed by atoms with Gasteiger partial charge in [-0.25, -0.2) is 4.98 Å². The van der Waals surface area contributed by atoms with Crippen LogP contribution in [0.15, 0.2) is 48.9 Å². The SMILES string of the molecule is CNCCCCCC[N+]12CCO[B-]1([C@H](CC(C)C)NC(=O)[C@H](Cc1ccccc1)NC(=O)c1cnccn1)N(C)CC2. The number of unbranched alkanes of at least 4 members (excludes halogenated alkanes) is 3. The molecule has 0 spiro atoms. The van der Waals surface area contributed by atoms with Crippen LogP contribution in [-0.4, -0.2) is 103 Å². The Morgan fingerprint density at radius 2 is 1.86 bits per heavy atom. The average Bonchev–Trinajstić information content (AvgIpc) is 3.50. The standard InChI is InChI=1S/C31H50BN7O3/c1-25(2)22-29(32-38(4)17-19-39(32,20-21-42-32)18-11-6-5-10-14-33-3)37-30(40)27(23-26-12-8-7-9-13-26)36-31(41)28-24-34-15-16-35-28/h7-9,12-13,15-16,24-25,27,29,33H,5-6,10-11,14,17-23H2,1-4H3,(H,36,41)(H,37,40)/t27-,29-,32?,39?/m0/s1. The van der Waals surface area contributed by atoms with Crippen LogP contribution in [-0.2, 0) is 15.9 Å². The highest BCUT2D eigenvalue weighted by atomic mass is 16.5. The summed E-state index contributed by atoms with van der Waals surface area (Å²) in [6, 6.07) is 9.03. The highest BCUT2D eigenvalue weighted by Gasteiger charge is 2.63. The van der Waals surface area contributed by atoms with E-state index in [-0.39, 0.29) is 17.5 Å². The molecule has 2 aliphatic heterocycles. The van der Waals surface area contributed by atoms with Crippen molar-refractivity contribution in [1.29, 1.82) is 0 Å². The van der Waals surface area contributed by atoms with Crippen LogP contribution in [0.3, 0.4) is 0 Å². The van der Waals surface area contributed by atoms with E-state index in [9.17, 15) is 9.59 Å². The first kappa shape index (κ1) is 32.1. The fraction of sp³-hybridized carbons (Fsp3) is 0.613. The lowest BCUT2D eigenvalue weighted by atomic mass is 9.51. The maximum Gasteiger partial charge on any atom is 0.432 e. The lowest BCUT2D eigenvalue weighted by molar-refractivity contribution is -0.822. The Balaban J connectivity index is 1.57. The highest BCUT2D eigenvalue weighted by molar-refractivity contribution is 6.66. The average molecular weight is 580 g/mol. The summed E-state index contributed by atoms with van der Waals surface area (Å²) in [5, 5.41) is 9.65. The van der Waals surface area contributed by atoms with Crippen molar-refractivity contribution in [3.63, 3.8) is 0 Å². The van der Waals surface area contributed by atoms with Gasteiger partial charge in [-0.3, -0.25) is 14.6 Å². The first-order valence-electron chi connectivity index (χ1n) is 15.7. The molecule has 2 saturated heterocycles. The molecule has 4 rings (SSSR count). The molecule has 10 nitrogen and oxygen atoms in total. The minimum atomic E-state index is -1.53. The summed E-state index contributed by atoms with van der Waals surface area (Å²) in [6.07, 6.45) is 10.4. The summed E-state index contributed by atoms with van der Waals surface area (Å²) in [6.45, 7) is 8.64. The molecule has 1 aromatic carbocycles. The van der Waals surface area contributed by atoms with Crippen molar-refractivity contribution in [3.05, 3.63) is 60.2 Å². The van der Waals surface area contributed by atoms with E-state index in [2.05, 4.69) is 51.6 Å². The lowest BCUT2D eigenvalue weighted by Crippen LogP contribution is -2.77. The summed E-state index contributed by atoms with van der Waals surface area (Å²) in [5.74, 6) is -0.431. The molecular weight excluding hydrogens is 529 g/mol. The summed E-state index contributed by atoms with van der Waals surface area (Å²) in [5.41, 5.74) is 1.16. The molecule has 1 aromatic heterocycles. The third-order valence-electron chi connectivity index (χ3n) is 9.27. The Bertz CT molecular complexity index is 1140. The van der Waals surface area contributed by atoms with Gasteiger partial charge in [-0.15, -0.1) is 0 Å². The molecule has 2 fully saturated rings. The van der Waals surface area contributed by atoms with Crippen LogP contribution in [0.4, 0.5) is 0 Å². The van der Waals surface area contributed by atoms with Gasteiger partial charge in [-0.05, 0) is 51.4 Å². The van der Waals surface area contributed by atoms with E-state index < -0.39 is 18.6 Å². The third kappa shape index (κ3) is 7.37. The topological polar surface area (TPSA) is 108 Å². The molecule has 11 heteroatoms. The molecule has 3 N–H and O–H groups in total. The maximum absolute atomic E-state index is 14.2. The molecule has 2 unspecified atom stereocenters. The van der Waals surface area contributed by atoms with Crippen molar-refractivity contribution < 1.29 is 18.6 Å². The van der Waals surface area contributed by atoms with Gasteiger partial charge in [0.15, 0.2) is 0 Å². The highest BCUT2D eigenvalue weighted by Crippen LogP contribution is 2.40. The zero-order valence-corrected chi connectivity index (χ0v) is 25.9.